The fourth-order valence-corrected chi connectivity index (χ4v) is 4.23. The van der Waals surface area contributed by atoms with Gasteiger partial charge in [-0.2, -0.15) is 0 Å². The van der Waals surface area contributed by atoms with Crippen LogP contribution in [0.1, 0.15) is 52.8 Å². The molecule has 27 heavy (non-hydrogen) atoms. The topological polar surface area (TPSA) is 98.0 Å². The Kier molecular flexibility index (Phi) is 3.43. The number of amides is 1. The lowest BCUT2D eigenvalue weighted by Crippen LogP contribution is -2.13. The van der Waals surface area contributed by atoms with Gasteiger partial charge in [-0.25, -0.2) is 9.97 Å². The molecule has 5 rings (SSSR count). The number of nitrogens with one attached hydrogen (secondary N) is 1. The number of hydrogen-bond donors (Lipinski definition) is 1. The van der Waals surface area contributed by atoms with Gasteiger partial charge in [-0.1, -0.05) is 12.1 Å². The number of nitro groups is 1. The molecule has 1 N–H and O–H groups in total. The zero-order valence-electron chi connectivity index (χ0n) is 14.4. The van der Waals surface area contributed by atoms with Crippen LogP contribution in [0.4, 0.5) is 11.4 Å². The van der Waals surface area contributed by atoms with Crippen LogP contribution in [-0.4, -0.2) is 20.8 Å². The molecule has 2 aliphatic rings. The highest BCUT2D eigenvalue weighted by molar-refractivity contribution is 6.06. The minimum atomic E-state index is -0.514. The fourth-order valence-electron chi connectivity index (χ4n) is 4.23. The van der Waals surface area contributed by atoms with Gasteiger partial charge in [0.1, 0.15) is 5.69 Å². The monoisotopic (exact) mass is 360 g/mol. The van der Waals surface area contributed by atoms with E-state index in [2.05, 4.69) is 5.32 Å². The lowest BCUT2D eigenvalue weighted by molar-refractivity contribution is -0.383. The summed E-state index contributed by atoms with van der Waals surface area (Å²) in [5.74, 6) is 0.616. The van der Waals surface area contributed by atoms with E-state index in [0.29, 0.717) is 22.9 Å². The molecule has 1 heterocycles. The molecule has 0 spiro atoms. The maximum Gasteiger partial charge on any atom is 0.292 e. The number of carbonyl (C=O) groups is 1. The molecule has 2 unspecified atom stereocenters. The van der Waals surface area contributed by atoms with Crippen molar-refractivity contribution in [3.8, 4) is 0 Å². The number of fused-ring (bicyclic) bond motifs is 6. The minimum Gasteiger partial charge on any atom is -0.316 e. The molecule has 1 aromatic heterocycles. The summed E-state index contributed by atoms with van der Waals surface area (Å²) in [5.41, 5.74) is 4.11. The fraction of sp³-hybridized carbons (Fsp3) is 0.250. The molecule has 2 atom stereocenters. The van der Waals surface area contributed by atoms with Gasteiger partial charge in [-0.15, -0.1) is 0 Å². The van der Waals surface area contributed by atoms with E-state index in [1.54, 1.807) is 30.3 Å². The Bertz CT molecular complexity index is 1110. The molecule has 1 amide bonds. The molecule has 0 radical (unpaired) electrons. The highest BCUT2D eigenvalue weighted by Gasteiger charge is 2.39. The summed E-state index contributed by atoms with van der Waals surface area (Å²) in [6.07, 6.45) is 3.49. The van der Waals surface area contributed by atoms with Crippen molar-refractivity contribution in [3.05, 3.63) is 69.5 Å². The van der Waals surface area contributed by atoms with Gasteiger partial charge in [0.2, 0.25) is 0 Å². The standard InChI is InChI=1S/C20H16N4O3/c25-20(23-15-3-1-2-4-17(15)24(26)27)13-7-8-14-16(10-13)22-19-12-6-5-11(9-12)18(19)21-14/h1-4,7-8,10-12H,5-6,9H2,(H,23,25). The van der Waals surface area contributed by atoms with E-state index in [9.17, 15) is 14.9 Å². The van der Waals surface area contributed by atoms with Crippen LogP contribution < -0.4 is 5.32 Å². The number of nitrogens with zero attached hydrogens (tertiary/aromatic N) is 3. The van der Waals surface area contributed by atoms with Gasteiger partial charge in [0.25, 0.3) is 11.6 Å². The number of rotatable bonds is 3. The summed E-state index contributed by atoms with van der Waals surface area (Å²) in [4.78, 5) is 32.8. The molecule has 2 aliphatic carbocycles. The molecule has 0 saturated heterocycles. The van der Waals surface area contributed by atoms with E-state index in [1.807, 2.05) is 0 Å². The van der Waals surface area contributed by atoms with E-state index in [4.69, 9.17) is 9.97 Å². The van der Waals surface area contributed by atoms with Gasteiger partial charge in [-0.3, -0.25) is 14.9 Å². The van der Waals surface area contributed by atoms with Crippen molar-refractivity contribution in [3.63, 3.8) is 0 Å². The Morgan fingerprint density at radius 3 is 2.48 bits per heavy atom. The third-order valence-corrected chi connectivity index (χ3v) is 5.54. The zero-order valence-corrected chi connectivity index (χ0v) is 14.4. The lowest BCUT2D eigenvalue weighted by atomic mass is 10.00. The van der Waals surface area contributed by atoms with Gasteiger partial charge in [-0.05, 0) is 43.5 Å². The van der Waals surface area contributed by atoms with Crippen molar-refractivity contribution < 1.29 is 9.72 Å². The van der Waals surface area contributed by atoms with Crippen LogP contribution in [0.15, 0.2) is 42.5 Å². The number of nitro benzene ring substituents is 1. The number of anilines is 1. The van der Waals surface area contributed by atoms with Gasteiger partial charge in [0.15, 0.2) is 0 Å². The van der Waals surface area contributed by atoms with Crippen LogP contribution >= 0.6 is 0 Å². The molecule has 2 aromatic carbocycles. The first-order valence-corrected chi connectivity index (χ1v) is 8.96. The Labute approximate surface area is 154 Å². The first-order valence-electron chi connectivity index (χ1n) is 8.96. The summed E-state index contributed by atoms with van der Waals surface area (Å²) >= 11 is 0. The van der Waals surface area contributed by atoms with Gasteiger partial charge >= 0.3 is 0 Å². The average molecular weight is 360 g/mol. The van der Waals surface area contributed by atoms with Crippen molar-refractivity contribution in [2.24, 2.45) is 0 Å². The maximum absolute atomic E-state index is 12.6. The Morgan fingerprint density at radius 1 is 1.04 bits per heavy atom. The quantitative estimate of drug-likeness (QED) is 0.559. The Morgan fingerprint density at radius 2 is 1.74 bits per heavy atom. The first-order chi connectivity index (χ1) is 13.1. The summed E-state index contributed by atoms with van der Waals surface area (Å²) in [7, 11) is 0. The largest absolute Gasteiger partial charge is 0.316 e. The summed E-state index contributed by atoms with van der Waals surface area (Å²) in [5, 5.41) is 13.7. The summed E-state index contributed by atoms with van der Waals surface area (Å²) in [6, 6.07) is 11.3. The lowest BCUT2D eigenvalue weighted by Gasteiger charge is -2.14. The molecule has 7 nitrogen and oxygen atoms in total. The molecule has 7 heteroatoms. The molecular weight excluding hydrogens is 344 g/mol. The zero-order chi connectivity index (χ0) is 18.5. The number of hydrogen-bond acceptors (Lipinski definition) is 5. The van der Waals surface area contributed by atoms with Crippen LogP contribution in [0.2, 0.25) is 0 Å². The molecule has 3 aromatic rings. The van der Waals surface area contributed by atoms with Crippen LogP contribution in [-0.2, 0) is 0 Å². The predicted molar refractivity (Wildman–Crippen MR) is 99.9 cm³/mol. The Balaban J connectivity index is 1.49. The van der Waals surface area contributed by atoms with Crippen molar-refractivity contribution in [2.45, 2.75) is 31.1 Å². The van der Waals surface area contributed by atoms with Gasteiger partial charge < -0.3 is 5.32 Å². The second-order valence-corrected chi connectivity index (χ2v) is 7.13. The number of carbonyl (C=O) groups excluding carboxylic acids is 1. The maximum atomic E-state index is 12.6. The van der Waals surface area contributed by atoms with E-state index < -0.39 is 10.8 Å². The number of para-hydroxylation sites is 2. The molecular formula is C20H16N4O3. The van der Waals surface area contributed by atoms with Crippen LogP contribution in [0.5, 0.6) is 0 Å². The molecule has 0 aliphatic heterocycles. The number of aromatic nitrogens is 2. The SMILES string of the molecule is O=C(Nc1ccccc1[N+](=O)[O-])c1ccc2nc3c(nc2c1)C1CCC3C1. The molecule has 134 valence electrons. The van der Waals surface area contributed by atoms with E-state index >= 15 is 0 Å². The smallest absolute Gasteiger partial charge is 0.292 e. The second kappa shape index (κ2) is 5.84. The highest BCUT2D eigenvalue weighted by atomic mass is 16.6. The normalized spacial score (nSPS) is 19.9. The van der Waals surface area contributed by atoms with E-state index in [0.717, 1.165) is 29.7 Å². The van der Waals surface area contributed by atoms with E-state index in [1.165, 1.54) is 18.6 Å². The van der Waals surface area contributed by atoms with Crippen molar-refractivity contribution in [1.29, 1.82) is 0 Å². The van der Waals surface area contributed by atoms with Crippen LogP contribution in [0.3, 0.4) is 0 Å². The Hall–Kier alpha value is -3.35. The van der Waals surface area contributed by atoms with E-state index in [-0.39, 0.29) is 11.4 Å². The van der Waals surface area contributed by atoms with Crippen molar-refractivity contribution >= 4 is 28.3 Å². The average Bonchev–Trinajstić information content (AvgIpc) is 3.28. The predicted octanol–water partition coefficient (Wildman–Crippen LogP) is 4.16. The van der Waals surface area contributed by atoms with Crippen LogP contribution in [0.25, 0.3) is 11.0 Å². The van der Waals surface area contributed by atoms with Crippen molar-refractivity contribution in [1.82, 2.24) is 9.97 Å². The van der Waals surface area contributed by atoms with Crippen molar-refractivity contribution in [2.75, 3.05) is 5.32 Å². The van der Waals surface area contributed by atoms with Gasteiger partial charge in [0, 0.05) is 23.5 Å². The van der Waals surface area contributed by atoms with Gasteiger partial charge in [0.05, 0.1) is 27.3 Å². The van der Waals surface area contributed by atoms with Crippen LogP contribution in [0, 0.1) is 10.1 Å². The molecule has 1 saturated carbocycles. The molecule has 2 bridgehead atoms. The third kappa shape index (κ3) is 2.54. The summed E-state index contributed by atoms with van der Waals surface area (Å²) < 4.78 is 0. The number of benzene rings is 2. The third-order valence-electron chi connectivity index (χ3n) is 5.54. The second-order valence-electron chi connectivity index (χ2n) is 7.13. The first kappa shape index (κ1) is 15.9. The molecule has 1 fully saturated rings. The summed E-state index contributed by atoms with van der Waals surface area (Å²) in [6.45, 7) is 0. The highest BCUT2D eigenvalue weighted by Crippen LogP contribution is 2.51. The minimum absolute atomic E-state index is 0.139.